The van der Waals surface area contributed by atoms with Crippen molar-refractivity contribution in [3.05, 3.63) is 0 Å². The molecule has 3 unspecified atom stereocenters. The van der Waals surface area contributed by atoms with Crippen molar-refractivity contribution in [2.24, 2.45) is 11.3 Å². The van der Waals surface area contributed by atoms with Gasteiger partial charge in [0, 0.05) is 6.42 Å². The maximum absolute atomic E-state index is 12.0. The predicted octanol–water partition coefficient (Wildman–Crippen LogP) is 3.87. The van der Waals surface area contributed by atoms with E-state index in [1.165, 1.54) is 44.9 Å². The number of carbonyl (C=O) groups is 1. The minimum absolute atomic E-state index is 0.0427. The highest BCUT2D eigenvalue weighted by Crippen LogP contribution is 2.51. The Morgan fingerprint density at radius 3 is 2.56 bits per heavy atom. The number of ether oxygens (including phenoxy) is 1. The standard InChI is InChI=1S/C16H26O2/c1-12-6-5-7-13(10-12)18-15-11-14(17)16(15)8-3-2-4-9-16/h12-13,15H,2-11H2,1H3. The van der Waals surface area contributed by atoms with Crippen LogP contribution in [0.2, 0.25) is 0 Å². The summed E-state index contributed by atoms with van der Waals surface area (Å²) in [5.74, 6) is 1.30. The molecule has 3 aliphatic carbocycles. The quantitative estimate of drug-likeness (QED) is 0.743. The largest absolute Gasteiger partial charge is 0.373 e. The molecule has 0 heterocycles. The van der Waals surface area contributed by atoms with Crippen molar-refractivity contribution in [2.75, 3.05) is 0 Å². The van der Waals surface area contributed by atoms with E-state index in [2.05, 4.69) is 6.92 Å². The zero-order chi connectivity index (χ0) is 12.6. The third-order valence-electron chi connectivity index (χ3n) is 5.53. The highest BCUT2D eigenvalue weighted by molar-refractivity contribution is 5.92. The molecule has 3 fully saturated rings. The van der Waals surface area contributed by atoms with Gasteiger partial charge in [0.05, 0.1) is 17.6 Å². The molecule has 2 nitrogen and oxygen atoms in total. The van der Waals surface area contributed by atoms with Crippen LogP contribution in [0.1, 0.15) is 71.1 Å². The average molecular weight is 250 g/mol. The minimum atomic E-state index is -0.0427. The molecule has 0 aliphatic heterocycles. The molecule has 3 atom stereocenters. The fourth-order valence-electron chi connectivity index (χ4n) is 4.31. The summed E-state index contributed by atoms with van der Waals surface area (Å²) >= 11 is 0. The third kappa shape index (κ3) is 2.13. The molecular formula is C16H26O2. The first kappa shape index (κ1) is 12.7. The van der Waals surface area contributed by atoms with Crippen LogP contribution in [0.4, 0.5) is 0 Å². The summed E-state index contributed by atoms with van der Waals surface area (Å²) < 4.78 is 6.34. The second kappa shape index (κ2) is 4.96. The van der Waals surface area contributed by atoms with Crippen molar-refractivity contribution in [1.29, 1.82) is 0 Å². The first-order valence-corrected chi connectivity index (χ1v) is 7.89. The van der Waals surface area contributed by atoms with Gasteiger partial charge in [0.15, 0.2) is 0 Å². The molecule has 0 N–H and O–H groups in total. The molecular weight excluding hydrogens is 224 g/mol. The van der Waals surface area contributed by atoms with Crippen molar-refractivity contribution in [3.8, 4) is 0 Å². The molecule has 0 amide bonds. The SMILES string of the molecule is CC1CCCC(OC2CC(=O)C23CCCCC3)C1. The molecule has 3 aliphatic rings. The van der Waals surface area contributed by atoms with Gasteiger partial charge in [-0.1, -0.05) is 39.0 Å². The minimum Gasteiger partial charge on any atom is -0.373 e. The fraction of sp³-hybridized carbons (Fsp3) is 0.938. The molecule has 3 rings (SSSR count). The Morgan fingerprint density at radius 2 is 1.89 bits per heavy atom. The summed E-state index contributed by atoms with van der Waals surface area (Å²) in [7, 11) is 0. The van der Waals surface area contributed by atoms with E-state index < -0.39 is 0 Å². The Bertz CT molecular complexity index is 317. The molecule has 0 aromatic heterocycles. The third-order valence-corrected chi connectivity index (χ3v) is 5.53. The van der Waals surface area contributed by atoms with Crippen LogP contribution in [0.15, 0.2) is 0 Å². The van der Waals surface area contributed by atoms with Crippen LogP contribution in [0.5, 0.6) is 0 Å². The van der Waals surface area contributed by atoms with Gasteiger partial charge in [-0.2, -0.15) is 0 Å². The Balaban J connectivity index is 1.60. The van der Waals surface area contributed by atoms with E-state index in [0.29, 0.717) is 18.3 Å². The Labute approximate surface area is 110 Å². The van der Waals surface area contributed by atoms with Gasteiger partial charge in [-0.3, -0.25) is 4.79 Å². The summed E-state index contributed by atoms with van der Waals surface area (Å²) in [5.41, 5.74) is -0.0427. The average Bonchev–Trinajstić information content (AvgIpc) is 2.39. The van der Waals surface area contributed by atoms with Crippen molar-refractivity contribution in [1.82, 2.24) is 0 Å². The molecule has 0 radical (unpaired) electrons. The summed E-state index contributed by atoms with van der Waals surface area (Å²) in [6, 6.07) is 0. The molecule has 18 heavy (non-hydrogen) atoms. The van der Waals surface area contributed by atoms with Crippen molar-refractivity contribution >= 4 is 5.78 Å². The van der Waals surface area contributed by atoms with E-state index >= 15 is 0 Å². The molecule has 0 aromatic rings. The Morgan fingerprint density at radius 1 is 1.11 bits per heavy atom. The van der Waals surface area contributed by atoms with Gasteiger partial charge >= 0.3 is 0 Å². The van der Waals surface area contributed by atoms with Gasteiger partial charge in [0.25, 0.3) is 0 Å². The fourth-order valence-corrected chi connectivity index (χ4v) is 4.31. The van der Waals surface area contributed by atoms with E-state index in [-0.39, 0.29) is 11.5 Å². The van der Waals surface area contributed by atoms with Crippen LogP contribution >= 0.6 is 0 Å². The summed E-state index contributed by atoms with van der Waals surface area (Å²) in [5, 5.41) is 0. The van der Waals surface area contributed by atoms with E-state index in [0.717, 1.165) is 18.8 Å². The molecule has 0 aromatic carbocycles. The predicted molar refractivity (Wildman–Crippen MR) is 71.4 cm³/mol. The monoisotopic (exact) mass is 250 g/mol. The van der Waals surface area contributed by atoms with Crippen LogP contribution in [0.3, 0.4) is 0 Å². The summed E-state index contributed by atoms with van der Waals surface area (Å²) in [4.78, 5) is 12.0. The lowest BCUT2D eigenvalue weighted by molar-refractivity contribution is -0.181. The lowest BCUT2D eigenvalue weighted by atomic mass is 9.57. The first-order valence-electron chi connectivity index (χ1n) is 7.89. The smallest absolute Gasteiger partial charge is 0.144 e. The maximum Gasteiger partial charge on any atom is 0.144 e. The van der Waals surface area contributed by atoms with E-state index in [1.807, 2.05) is 0 Å². The van der Waals surface area contributed by atoms with Crippen LogP contribution in [0, 0.1) is 11.3 Å². The summed E-state index contributed by atoms with van der Waals surface area (Å²) in [6.45, 7) is 2.33. The molecule has 2 heteroatoms. The Hall–Kier alpha value is -0.370. The van der Waals surface area contributed by atoms with E-state index in [9.17, 15) is 4.79 Å². The maximum atomic E-state index is 12.0. The second-order valence-corrected chi connectivity index (χ2v) is 6.86. The van der Waals surface area contributed by atoms with Gasteiger partial charge in [0.2, 0.25) is 0 Å². The van der Waals surface area contributed by atoms with Gasteiger partial charge in [0.1, 0.15) is 5.78 Å². The van der Waals surface area contributed by atoms with Crippen molar-refractivity contribution < 1.29 is 9.53 Å². The number of hydrogen-bond acceptors (Lipinski definition) is 2. The Kier molecular flexibility index (Phi) is 3.48. The highest BCUT2D eigenvalue weighted by Gasteiger charge is 2.55. The van der Waals surface area contributed by atoms with Crippen molar-refractivity contribution in [3.63, 3.8) is 0 Å². The zero-order valence-electron chi connectivity index (χ0n) is 11.6. The summed E-state index contributed by atoms with van der Waals surface area (Å²) in [6.07, 6.45) is 12.4. The topological polar surface area (TPSA) is 26.3 Å². The normalized spacial score (nSPS) is 39.6. The lowest BCUT2D eigenvalue weighted by Crippen LogP contribution is -2.57. The van der Waals surface area contributed by atoms with Gasteiger partial charge < -0.3 is 4.74 Å². The van der Waals surface area contributed by atoms with Crippen molar-refractivity contribution in [2.45, 2.75) is 83.3 Å². The lowest BCUT2D eigenvalue weighted by Gasteiger charge is -2.51. The van der Waals surface area contributed by atoms with Crippen LogP contribution in [0.25, 0.3) is 0 Å². The van der Waals surface area contributed by atoms with E-state index in [4.69, 9.17) is 4.74 Å². The van der Waals surface area contributed by atoms with Gasteiger partial charge in [-0.15, -0.1) is 0 Å². The first-order chi connectivity index (χ1) is 8.71. The number of ketones is 1. The molecule has 0 saturated heterocycles. The molecule has 0 bridgehead atoms. The molecule has 3 saturated carbocycles. The number of rotatable bonds is 2. The number of Topliss-reactive ketones (excluding diaryl/α,β-unsaturated/α-hetero) is 1. The van der Waals surface area contributed by atoms with Crippen LogP contribution in [-0.4, -0.2) is 18.0 Å². The number of hydrogen-bond donors (Lipinski definition) is 0. The van der Waals surface area contributed by atoms with Crippen LogP contribution in [-0.2, 0) is 9.53 Å². The van der Waals surface area contributed by atoms with Gasteiger partial charge in [-0.05, 0) is 31.6 Å². The van der Waals surface area contributed by atoms with Crippen LogP contribution < -0.4 is 0 Å². The number of carbonyl (C=O) groups excluding carboxylic acids is 1. The molecule has 1 spiro atoms. The molecule has 102 valence electrons. The van der Waals surface area contributed by atoms with E-state index in [1.54, 1.807) is 0 Å². The second-order valence-electron chi connectivity index (χ2n) is 6.86. The van der Waals surface area contributed by atoms with Gasteiger partial charge in [-0.25, -0.2) is 0 Å². The highest BCUT2D eigenvalue weighted by atomic mass is 16.5. The zero-order valence-corrected chi connectivity index (χ0v) is 11.6.